The van der Waals surface area contributed by atoms with Crippen molar-refractivity contribution in [2.45, 2.75) is 17.1 Å². The topological polar surface area (TPSA) is 38.3 Å². The van der Waals surface area contributed by atoms with E-state index in [0.29, 0.717) is 35.4 Å². The van der Waals surface area contributed by atoms with Gasteiger partial charge >= 0.3 is 0 Å². The molecule has 3 nitrogen and oxygen atoms in total. The van der Waals surface area contributed by atoms with Crippen LogP contribution in [0.15, 0.2) is 53.4 Å². The van der Waals surface area contributed by atoms with Crippen molar-refractivity contribution < 1.29 is 18.3 Å². The van der Waals surface area contributed by atoms with Crippen molar-refractivity contribution in [2.24, 2.45) is 5.92 Å². The molecule has 126 valence electrons. The van der Waals surface area contributed by atoms with E-state index in [2.05, 4.69) is 5.32 Å². The number of hydrogen-bond acceptors (Lipinski definition) is 3. The Hall–Kier alpha value is -2.08. The van der Waals surface area contributed by atoms with Crippen LogP contribution < -0.4 is 10.1 Å². The summed E-state index contributed by atoms with van der Waals surface area (Å²) < 4.78 is 30.3. The molecule has 1 amide bonds. The maximum atomic E-state index is 12.3. The van der Waals surface area contributed by atoms with E-state index in [1.807, 2.05) is 24.3 Å². The highest BCUT2D eigenvalue weighted by Crippen LogP contribution is 2.27. The summed E-state index contributed by atoms with van der Waals surface area (Å²) in [6, 6.07) is 14.1. The van der Waals surface area contributed by atoms with Crippen LogP contribution in [-0.2, 0) is 6.42 Å². The SMILES string of the molecule is O=C(NCC1COc2ccccc2C1)c1ccc(SC(F)F)cc1. The highest BCUT2D eigenvalue weighted by molar-refractivity contribution is 7.99. The van der Waals surface area contributed by atoms with Gasteiger partial charge in [-0.3, -0.25) is 4.79 Å². The first kappa shape index (κ1) is 16.8. The molecule has 0 saturated heterocycles. The third-order valence-electron chi connectivity index (χ3n) is 3.85. The van der Waals surface area contributed by atoms with Gasteiger partial charge in [0.2, 0.25) is 0 Å². The Bertz CT molecular complexity index is 706. The molecule has 24 heavy (non-hydrogen) atoms. The van der Waals surface area contributed by atoms with Crippen molar-refractivity contribution in [1.29, 1.82) is 0 Å². The van der Waals surface area contributed by atoms with Gasteiger partial charge in [0.05, 0.1) is 6.61 Å². The summed E-state index contributed by atoms with van der Waals surface area (Å²) in [4.78, 5) is 12.6. The Kier molecular flexibility index (Phi) is 5.35. The number of halogens is 2. The Morgan fingerprint density at radius 1 is 1.21 bits per heavy atom. The van der Waals surface area contributed by atoms with Crippen molar-refractivity contribution in [1.82, 2.24) is 5.32 Å². The first-order valence-electron chi connectivity index (χ1n) is 7.65. The molecular weight excluding hydrogens is 332 g/mol. The van der Waals surface area contributed by atoms with Gasteiger partial charge in [0.25, 0.3) is 11.7 Å². The number of ether oxygens (including phenoxy) is 1. The number of para-hydroxylation sites is 1. The van der Waals surface area contributed by atoms with Gasteiger partial charge in [-0.05, 0) is 42.3 Å². The summed E-state index contributed by atoms with van der Waals surface area (Å²) >= 11 is 0.467. The molecule has 0 aromatic heterocycles. The minimum absolute atomic E-state index is 0.206. The third kappa shape index (κ3) is 4.26. The molecule has 0 radical (unpaired) electrons. The van der Waals surface area contributed by atoms with Crippen molar-refractivity contribution in [3.05, 3.63) is 59.7 Å². The van der Waals surface area contributed by atoms with E-state index < -0.39 is 5.76 Å². The van der Waals surface area contributed by atoms with Crippen LogP contribution in [0.3, 0.4) is 0 Å². The Morgan fingerprint density at radius 2 is 1.96 bits per heavy atom. The molecule has 1 heterocycles. The highest BCUT2D eigenvalue weighted by Gasteiger charge is 2.20. The monoisotopic (exact) mass is 349 g/mol. The van der Waals surface area contributed by atoms with E-state index >= 15 is 0 Å². The number of fused-ring (bicyclic) bond motifs is 1. The van der Waals surface area contributed by atoms with Crippen LogP contribution >= 0.6 is 11.8 Å². The molecule has 3 rings (SSSR count). The fourth-order valence-electron chi connectivity index (χ4n) is 2.65. The van der Waals surface area contributed by atoms with Gasteiger partial charge in [0.1, 0.15) is 5.75 Å². The number of carbonyl (C=O) groups excluding carboxylic acids is 1. The maximum Gasteiger partial charge on any atom is 0.288 e. The number of alkyl halides is 2. The van der Waals surface area contributed by atoms with Crippen LogP contribution in [0.25, 0.3) is 0 Å². The minimum atomic E-state index is -2.46. The molecular formula is C18H17F2NO2S. The molecule has 1 aliphatic heterocycles. The molecule has 0 spiro atoms. The van der Waals surface area contributed by atoms with Gasteiger partial charge in [-0.25, -0.2) is 0 Å². The average Bonchev–Trinajstić information content (AvgIpc) is 2.59. The van der Waals surface area contributed by atoms with E-state index in [9.17, 15) is 13.6 Å². The normalized spacial score (nSPS) is 16.4. The molecule has 0 bridgehead atoms. The van der Waals surface area contributed by atoms with Crippen LogP contribution in [0, 0.1) is 5.92 Å². The van der Waals surface area contributed by atoms with Gasteiger partial charge in [-0.2, -0.15) is 8.78 Å². The lowest BCUT2D eigenvalue weighted by Crippen LogP contribution is -2.34. The number of rotatable bonds is 5. The molecule has 1 N–H and O–H groups in total. The summed E-state index contributed by atoms with van der Waals surface area (Å²) in [6.07, 6.45) is 0.862. The molecule has 0 saturated carbocycles. The zero-order chi connectivity index (χ0) is 16.9. The lowest BCUT2D eigenvalue weighted by Gasteiger charge is -2.25. The van der Waals surface area contributed by atoms with Gasteiger partial charge in [-0.15, -0.1) is 0 Å². The van der Waals surface area contributed by atoms with Crippen LogP contribution in [0.5, 0.6) is 5.75 Å². The fraction of sp³-hybridized carbons (Fsp3) is 0.278. The van der Waals surface area contributed by atoms with Gasteiger partial charge in [-0.1, -0.05) is 30.0 Å². The predicted molar refractivity (Wildman–Crippen MR) is 89.8 cm³/mol. The molecule has 0 fully saturated rings. The van der Waals surface area contributed by atoms with Crippen molar-refractivity contribution >= 4 is 17.7 Å². The number of hydrogen-bond donors (Lipinski definition) is 1. The second-order valence-corrected chi connectivity index (χ2v) is 6.67. The summed E-state index contributed by atoms with van der Waals surface area (Å²) in [5, 5.41) is 2.89. The second-order valence-electron chi connectivity index (χ2n) is 5.60. The van der Waals surface area contributed by atoms with E-state index in [1.54, 1.807) is 12.1 Å². The first-order valence-corrected chi connectivity index (χ1v) is 8.53. The van der Waals surface area contributed by atoms with Crippen molar-refractivity contribution in [2.75, 3.05) is 13.2 Å². The summed E-state index contributed by atoms with van der Waals surface area (Å²) in [5.41, 5.74) is 1.61. The number of carbonyl (C=O) groups is 1. The van der Waals surface area contributed by atoms with E-state index in [0.717, 1.165) is 17.7 Å². The number of nitrogens with one attached hydrogen (secondary N) is 1. The zero-order valence-electron chi connectivity index (χ0n) is 12.9. The standard InChI is InChI=1S/C18H17F2NO2S/c19-18(20)24-15-7-5-13(6-8-15)17(22)21-10-12-9-14-3-1-2-4-16(14)23-11-12/h1-8,12,18H,9-11H2,(H,21,22). The fourth-order valence-corrected chi connectivity index (χ4v) is 3.15. The summed E-state index contributed by atoms with van der Waals surface area (Å²) in [7, 11) is 0. The molecule has 6 heteroatoms. The maximum absolute atomic E-state index is 12.3. The van der Waals surface area contributed by atoms with Crippen LogP contribution in [0.1, 0.15) is 15.9 Å². The van der Waals surface area contributed by atoms with Gasteiger partial charge in [0.15, 0.2) is 0 Å². The summed E-state index contributed by atoms with van der Waals surface area (Å²) in [5.74, 6) is -1.54. The molecule has 2 aromatic rings. The molecule has 1 atom stereocenters. The minimum Gasteiger partial charge on any atom is -0.493 e. The third-order valence-corrected chi connectivity index (χ3v) is 4.57. The van der Waals surface area contributed by atoms with Crippen molar-refractivity contribution in [3.8, 4) is 5.75 Å². The molecule has 0 aliphatic carbocycles. The summed E-state index contributed by atoms with van der Waals surface area (Å²) in [6.45, 7) is 1.09. The van der Waals surface area contributed by atoms with Crippen molar-refractivity contribution in [3.63, 3.8) is 0 Å². The second kappa shape index (κ2) is 7.66. The van der Waals surface area contributed by atoms with E-state index in [4.69, 9.17) is 4.74 Å². The van der Waals surface area contributed by atoms with E-state index in [-0.39, 0.29) is 11.8 Å². The zero-order valence-corrected chi connectivity index (χ0v) is 13.7. The highest BCUT2D eigenvalue weighted by atomic mass is 32.2. The largest absolute Gasteiger partial charge is 0.493 e. The van der Waals surface area contributed by atoms with Crippen LogP contribution in [0.2, 0.25) is 0 Å². The molecule has 1 unspecified atom stereocenters. The molecule has 1 aliphatic rings. The number of benzene rings is 2. The average molecular weight is 349 g/mol. The smallest absolute Gasteiger partial charge is 0.288 e. The Morgan fingerprint density at radius 3 is 2.71 bits per heavy atom. The van der Waals surface area contributed by atoms with E-state index in [1.165, 1.54) is 12.1 Å². The molecule has 2 aromatic carbocycles. The Labute approximate surface area is 143 Å². The lowest BCUT2D eigenvalue weighted by atomic mass is 9.96. The van der Waals surface area contributed by atoms with Gasteiger partial charge in [0, 0.05) is 22.9 Å². The van der Waals surface area contributed by atoms with Gasteiger partial charge < -0.3 is 10.1 Å². The first-order chi connectivity index (χ1) is 11.6. The number of thioether (sulfide) groups is 1. The van der Waals surface area contributed by atoms with Crippen LogP contribution in [0.4, 0.5) is 8.78 Å². The predicted octanol–water partition coefficient (Wildman–Crippen LogP) is 3.98. The lowest BCUT2D eigenvalue weighted by molar-refractivity contribution is 0.0939. The quantitative estimate of drug-likeness (QED) is 0.830. The van der Waals surface area contributed by atoms with Crippen LogP contribution in [-0.4, -0.2) is 24.8 Å². The Balaban J connectivity index is 1.52. The number of amides is 1.